The third-order valence-electron chi connectivity index (χ3n) is 4.99. The van der Waals surface area contributed by atoms with Gasteiger partial charge in [-0.25, -0.2) is 0 Å². The molecule has 1 heterocycles. The van der Waals surface area contributed by atoms with Gasteiger partial charge in [0.2, 0.25) is 5.91 Å². The van der Waals surface area contributed by atoms with Crippen molar-refractivity contribution in [1.82, 2.24) is 4.90 Å². The number of nitrogens with zero attached hydrogens (tertiary/aromatic N) is 2. The lowest BCUT2D eigenvalue weighted by atomic mass is 10.1. The number of thioether (sulfide) groups is 1. The van der Waals surface area contributed by atoms with Crippen LogP contribution >= 0.6 is 11.8 Å². The lowest BCUT2D eigenvalue weighted by Gasteiger charge is -2.36. The van der Waals surface area contributed by atoms with Gasteiger partial charge in [0.1, 0.15) is 11.5 Å². The van der Waals surface area contributed by atoms with Gasteiger partial charge in [-0.15, -0.1) is 11.8 Å². The Morgan fingerprint density at radius 2 is 1.71 bits per heavy atom. The minimum absolute atomic E-state index is 0.214. The Hall–Kier alpha value is -2.34. The Balaban J connectivity index is 1.45. The number of rotatable bonds is 7. The summed E-state index contributed by atoms with van der Waals surface area (Å²) in [6, 6.07) is 14.3. The topological polar surface area (TPSA) is 42.0 Å². The number of anilines is 1. The summed E-state index contributed by atoms with van der Waals surface area (Å²) in [6.07, 6.45) is 0. The van der Waals surface area contributed by atoms with Crippen LogP contribution in [0.3, 0.4) is 0 Å². The van der Waals surface area contributed by atoms with Crippen molar-refractivity contribution < 1.29 is 14.3 Å². The smallest absolute Gasteiger partial charge is 0.232 e. The lowest BCUT2D eigenvalue weighted by molar-refractivity contribution is -0.128. The number of benzene rings is 2. The van der Waals surface area contributed by atoms with Gasteiger partial charge in [0.25, 0.3) is 0 Å². The second-order valence-electron chi connectivity index (χ2n) is 6.87. The minimum Gasteiger partial charge on any atom is -0.497 e. The molecule has 2 aromatic carbocycles. The van der Waals surface area contributed by atoms with Crippen molar-refractivity contribution in [3.63, 3.8) is 0 Å². The van der Waals surface area contributed by atoms with Crippen molar-refractivity contribution in [2.24, 2.45) is 0 Å². The molecule has 0 bridgehead atoms. The molecule has 1 saturated heterocycles. The van der Waals surface area contributed by atoms with Crippen LogP contribution in [0.15, 0.2) is 42.5 Å². The molecular weight excluding hydrogens is 372 g/mol. The van der Waals surface area contributed by atoms with Gasteiger partial charge in [0.15, 0.2) is 0 Å². The molecule has 2 aromatic rings. The Morgan fingerprint density at radius 1 is 1.00 bits per heavy atom. The number of hydrogen-bond acceptors (Lipinski definition) is 5. The molecule has 0 saturated carbocycles. The number of ether oxygens (including phenoxy) is 2. The van der Waals surface area contributed by atoms with Gasteiger partial charge in [-0.1, -0.05) is 17.7 Å². The molecule has 0 unspecified atom stereocenters. The first-order chi connectivity index (χ1) is 13.6. The first-order valence-corrected chi connectivity index (χ1v) is 10.6. The first kappa shape index (κ1) is 20.4. The fraction of sp³-hybridized carbons (Fsp3) is 0.409. The predicted molar refractivity (Wildman–Crippen MR) is 116 cm³/mol. The number of carbonyl (C=O) groups is 1. The molecule has 28 heavy (non-hydrogen) atoms. The standard InChI is InChI=1S/C22H28N2O3S/c1-17-4-9-21(27-3)18(14-17)15-28-16-22(25)24-12-10-23(11-13-24)19-5-7-20(26-2)8-6-19/h4-9,14H,10-13,15-16H2,1-3H3. The average molecular weight is 401 g/mol. The normalized spacial score (nSPS) is 14.1. The van der Waals surface area contributed by atoms with Crippen LogP contribution in [-0.4, -0.2) is 57.0 Å². The largest absolute Gasteiger partial charge is 0.497 e. The summed E-state index contributed by atoms with van der Waals surface area (Å²) in [4.78, 5) is 16.9. The summed E-state index contributed by atoms with van der Waals surface area (Å²) in [5, 5.41) is 0. The maximum Gasteiger partial charge on any atom is 0.232 e. The van der Waals surface area contributed by atoms with Gasteiger partial charge in [-0.3, -0.25) is 4.79 Å². The quantitative estimate of drug-likeness (QED) is 0.710. The van der Waals surface area contributed by atoms with Crippen LogP contribution in [0, 0.1) is 6.92 Å². The highest BCUT2D eigenvalue weighted by Crippen LogP contribution is 2.25. The van der Waals surface area contributed by atoms with Crippen molar-refractivity contribution in [1.29, 1.82) is 0 Å². The summed E-state index contributed by atoms with van der Waals surface area (Å²) in [5.41, 5.74) is 3.52. The Labute approximate surface area is 171 Å². The van der Waals surface area contributed by atoms with Gasteiger partial charge in [-0.2, -0.15) is 0 Å². The van der Waals surface area contributed by atoms with Crippen LogP contribution < -0.4 is 14.4 Å². The van der Waals surface area contributed by atoms with Crippen molar-refractivity contribution >= 4 is 23.4 Å². The van der Waals surface area contributed by atoms with E-state index in [2.05, 4.69) is 30.0 Å². The minimum atomic E-state index is 0.214. The van der Waals surface area contributed by atoms with E-state index < -0.39 is 0 Å². The van der Waals surface area contributed by atoms with Gasteiger partial charge in [0, 0.05) is 43.2 Å². The predicted octanol–water partition coefficient (Wildman–Crippen LogP) is 3.59. The Morgan fingerprint density at radius 3 is 2.36 bits per heavy atom. The van der Waals surface area contributed by atoms with Crippen molar-refractivity contribution in [2.45, 2.75) is 12.7 Å². The van der Waals surface area contributed by atoms with E-state index in [0.717, 1.165) is 49.0 Å². The molecule has 1 aliphatic heterocycles. The molecule has 1 fully saturated rings. The molecule has 0 radical (unpaired) electrons. The summed E-state index contributed by atoms with van der Waals surface area (Å²) < 4.78 is 10.6. The highest BCUT2D eigenvalue weighted by molar-refractivity contribution is 7.99. The molecule has 0 atom stereocenters. The van der Waals surface area contributed by atoms with E-state index in [-0.39, 0.29) is 5.91 Å². The SMILES string of the molecule is COc1ccc(N2CCN(C(=O)CSCc3cc(C)ccc3OC)CC2)cc1. The van der Waals surface area contributed by atoms with E-state index in [0.29, 0.717) is 5.75 Å². The van der Waals surface area contributed by atoms with E-state index >= 15 is 0 Å². The van der Waals surface area contributed by atoms with E-state index in [1.54, 1.807) is 26.0 Å². The molecule has 1 amide bonds. The van der Waals surface area contributed by atoms with Crippen LogP contribution in [0.2, 0.25) is 0 Å². The molecular formula is C22H28N2O3S. The first-order valence-electron chi connectivity index (χ1n) is 9.48. The van der Waals surface area contributed by atoms with E-state index in [1.165, 1.54) is 11.3 Å². The van der Waals surface area contributed by atoms with E-state index in [4.69, 9.17) is 9.47 Å². The highest BCUT2D eigenvalue weighted by atomic mass is 32.2. The number of hydrogen-bond donors (Lipinski definition) is 0. The molecule has 0 spiro atoms. The maximum atomic E-state index is 12.6. The average Bonchev–Trinajstić information content (AvgIpc) is 2.74. The maximum absolute atomic E-state index is 12.6. The van der Waals surface area contributed by atoms with Crippen LogP contribution in [0.5, 0.6) is 11.5 Å². The highest BCUT2D eigenvalue weighted by Gasteiger charge is 2.21. The van der Waals surface area contributed by atoms with Crippen molar-refractivity contribution in [3.05, 3.63) is 53.6 Å². The molecule has 0 aromatic heterocycles. The molecule has 0 aliphatic carbocycles. The summed E-state index contributed by atoms with van der Waals surface area (Å²) >= 11 is 1.65. The molecule has 150 valence electrons. The molecule has 3 rings (SSSR count). The number of carbonyl (C=O) groups excluding carboxylic acids is 1. The van der Waals surface area contributed by atoms with Crippen molar-refractivity contribution in [3.8, 4) is 11.5 Å². The van der Waals surface area contributed by atoms with E-state index in [9.17, 15) is 4.79 Å². The fourth-order valence-corrected chi connectivity index (χ4v) is 4.27. The zero-order chi connectivity index (χ0) is 19.9. The number of piperazine rings is 1. The van der Waals surface area contributed by atoms with Gasteiger partial charge < -0.3 is 19.3 Å². The molecule has 0 N–H and O–H groups in total. The second kappa shape index (κ2) is 9.73. The zero-order valence-electron chi connectivity index (χ0n) is 16.8. The molecule has 5 nitrogen and oxygen atoms in total. The van der Waals surface area contributed by atoms with Crippen LogP contribution in [0.4, 0.5) is 5.69 Å². The third-order valence-corrected chi connectivity index (χ3v) is 5.96. The fourth-order valence-electron chi connectivity index (χ4n) is 3.37. The monoisotopic (exact) mass is 400 g/mol. The van der Waals surface area contributed by atoms with E-state index in [1.807, 2.05) is 29.2 Å². The van der Waals surface area contributed by atoms with Gasteiger partial charge in [-0.05, 0) is 37.3 Å². The number of methoxy groups -OCH3 is 2. The van der Waals surface area contributed by atoms with Gasteiger partial charge >= 0.3 is 0 Å². The number of amides is 1. The number of aryl methyl sites for hydroxylation is 1. The zero-order valence-corrected chi connectivity index (χ0v) is 17.6. The van der Waals surface area contributed by atoms with Crippen LogP contribution in [0.25, 0.3) is 0 Å². The van der Waals surface area contributed by atoms with Gasteiger partial charge in [0.05, 0.1) is 20.0 Å². The van der Waals surface area contributed by atoms with Crippen molar-refractivity contribution in [2.75, 3.05) is 51.1 Å². The lowest BCUT2D eigenvalue weighted by Crippen LogP contribution is -2.49. The Bertz CT molecular complexity index is 787. The summed E-state index contributed by atoms with van der Waals surface area (Å²) in [7, 11) is 3.36. The molecule has 1 aliphatic rings. The third kappa shape index (κ3) is 5.13. The van der Waals surface area contributed by atoms with Crippen LogP contribution in [0.1, 0.15) is 11.1 Å². The van der Waals surface area contributed by atoms with Crippen LogP contribution in [-0.2, 0) is 10.5 Å². The summed E-state index contributed by atoms with van der Waals surface area (Å²) in [5.74, 6) is 3.24. The second-order valence-corrected chi connectivity index (χ2v) is 7.86. The summed E-state index contributed by atoms with van der Waals surface area (Å²) in [6.45, 7) is 5.31. The molecule has 6 heteroatoms. The Kier molecular flexibility index (Phi) is 7.09.